The maximum Gasteiger partial charge on any atom is 0.191 e. The number of thiophene rings is 1. The first-order chi connectivity index (χ1) is 13.2. The van der Waals surface area contributed by atoms with Crippen LogP contribution >= 0.6 is 35.3 Å². The van der Waals surface area contributed by atoms with Crippen LogP contribution in [0.2, 0.25) is 0 Å². The molecule has 2 aromatic heterocycles. The van der Waals surface area contributed by atoms with Crippen molar-refractivity contribution < 1.29 is 0 Å². The SMILES string of the molecule is CCC1CCC(NC(=NCc2nnc(C)n2C)NCCc2cccs2)CC1.I. The molecule has 2 N–H and O–H groups in total. The summed E-state index contributed by atoms with van der Waals surface area (Å²) in [5, 5.41) is 17.7. The molecule has 1 saturated carbocycles. The van der Waals surface area contributed by atoms with Gasteiger partial charge in [0.2, 0.25) is 0 Å². The van der Waals surface area contributed by atoms with Gasteiger partial charge in [-0.25, -0.2) is 4.99 Å². The molecule has 0 radical (unpaired) electrons. The van der Waals surface area contributed by atoms with Gasteiger partial charge in [-0.05, 0) is 56.4 Å². The number of guanidine groups is 1. The van der Waals surface area contributed by atoms with Crippen molar-refractivity contribution in [1.29, 1.82) is 0 Å². The van der Waals surface area contributed by atoms with Crippen LogP contribution in [0.4, 0.5) is 0 Å². The highest BCUT2D eigenvalue weighted by Crippen LogP contribution is 2.26. The van der Waals surface area contributed by atoms with Crippen LogP contribution in [0.3, 0.4) is 0 Å². The highest BCUT2D eigenvalue weighted by molar-refractivity contribution is 14.0. The second kappa shape index (κ2) is 11.7. The second-order valence-electron chi connectivity index (χ2n) is 7.41. The topological polar surface area (TPSA) is 67.1 Å². The number of hydrogen-bond acceptors (Lipinski definition) is 4. The molecule has 28 heavy (non-hydrogen) atoms. The lowest BCUT2D eigenvalue weighted by Crippen LogP contribution is -2.45. The second-order valence-corrected chi connectivity index (χ2v) is 8.45. The monoisotopic (exact) mass is 516 g/mol. The van der Waals surface area contributed by atoms with Crippen LogP contribution < -0.4 is 10.6 Å². The molecule has 2 heterocycles. The fraction of sp³-hybridized carbons (Fsp3) is 0.650. The zero-order valence-electron chi connectivity index (χ0n) is 17.1. The predicted octanol–water partition coefficient (Wildman–Crippen LogP) is 4.05. The number of aliphatic imine (C=N–C) groups is 1. The molecule has 1 fully saturated rings. The molecule has 156 valence electrons. The summed E-state index contributed by atoms with van der Waals surface area (Å²) in [5.74, 6) is 3.60. The van der Waals surface area contributed by atoms with Gasteiger partial charge < -0.3 is 15.2 Å². The van der Waals surface area contributed by atoms with Gasteiger partial charge >= 0.3 is 0 Å². The molecule has 6 nitrogen and oxygen atoms in total. The van der Waals surface area contributed by atoms with Crippen molar-refractivity contribution in [3.63, 3.8) is 0 Å². The summed E-state index contributed by atoms with van der Waals surface area (Å²) in [6, 6.07) is 4.81. The van der Waals surface area contributed by atoms with E-state index in [0.29, 0.717) is 12.6 Å². The van der Waals surface area contributed by atoms with Crippen LogP contribution in [0.5, 0.6) is 0 Å². The summed E-state index contributed by atoms with van der Waals surface area (Å²) in [6.07, 6.45) is 7.42. The highest BCUT2D eigenvalue weighted by atomic mass is 127. The number of hydrogen-bond donors (Lipinski definition) is 2. The lowest BCUT2D eigenvalue weighted by atomic mass is 9.84. The molecule has 0 unspecified atom stereocenters. The Hall–Kier alpha value is -1.16. The Balaban J connectivity index is 0.00000280. The van der Waals surface area contributed by atoms with Crippen molar-refractivity contribution in [2.75, 3.05) is 6.54 Å². The first-order valence-corrected chi connectivity index (χ1v) is 11.0. The third-order valence-electron chi connectivity index (χ3n) is 5.57. The van der Waals surface area contributed by atoms with Crippen LogP contribution in [0.25, 0.3) is 0 Å². The van der Waals surface area contributed by atoms with Crippen LogP contribution in [0.15, 0.2) is 22.5 Å². The number of aryl methyl sites for hydroxylation is 1. The predicted molar refractivity (Wildman–Crippen MR) is 127 cm³/mol. The van der Waals surface area contributed by atoms with Gasteiger partial charge in [0, 0.05) is 24.5 Å². The normalized spacial score (nSPS) is 19.9. The number of nitrogens with zero attached hydrogens (tertiary/aromatic N) is 4. The number of nitrogens with one attached hydrogen (secondary N) is 2. The molecule has 0 atom stereocenters. The average Bonchev–Trinajstić information content (AvgIpc) is 3.31. The first-order valence-electron chi connectivity index (χ1n) is 10.1. The molecule has 0 aliphatic heterocycles. The Kier molecular flexibility index (Phi) is 9.70. The number of aromatic nitrogens is 3. The van der Waals surface area contributed by atoms with Gasteiger partial charge in [-0.1, -0.05) is 19.4 Å². The molecule has 1 aliphatic carbocycles. The van der Waals surface area contributed by atoms with Gasteiger partial charge in [0.25, 0.3) is 0 Å². The van der Waals surface area contributed by atoms with Gasteiger partial charge in [-0.15, -0.1) is 45.5 Å². The zero-order valence-corrected chi connectivity index (χ0v) is 20.3. The molecule has 8 heteroatoms. The largest absolute Gasteiger partial charge is 0.356 e. The molecule has 0 spiro atoms. The zero-order chi connectivity index (χ0) is 19.1. The van der Waals surface area contributed by atoms with Gasteiger partial charge in [0.15, 0.2) is 11.8 Å². The van der Waals surface area contributed by atoms with E-state index in [9.17, 15) is 0 Å². The molecule has 1 aliphatic rings. The lowest BCUT2D eigenvalue weighted by molar-refractivity contribution is 0.304. The molecule has 0 aromatic carbocycles. The van der Waals surface area contributed by atoms with E-state index in [1.165, 1.54) is 37.0 Å². The summed E-state index contributed by atoms with van der Waals surface area (Å²) in [6.45, 7) is 5.69. The van der Waals surface area contributed by atoms with Crippen molar-refractivity contribution in [2.45, 2.75) is 65.0 Å². The minimum Gasteiger partial charge on any atom is -0.356 e. The van der Waals surface area contributed by atoms with Crippen LogP contribution in [-0.4, -0.2) is 33.3 Å². The van der Waals surface area contributed by atoms with Crippen LogP contribution in [0, 0.1) is 12.8 Å². The van der Waals surface area contributed by atoms with E-state index >= 15 is 0 Å². The van der Waals surface area contributed by atoms with Crippen molar-refractivity contribution in [3.05, 3.63) is 34.0 Å². The maximum atomic E-state index is 4.79. The molecule has 0 bridgehead atoms. The summed E-state index contributed by atoms with van der Waals surface area (Å²) in [7, 11) is 1.99. The van der Waals surface area contributed by atoms with Crippen LogP contribution in [-0.2, 0) is 20.0 Å². The van der Waals surface area contributed by atoms with Gasteiger partial charge in [0.1, 0.15) is 12.4 Å². The molecule has 2 aromatic rings. The Morgan fingerprint density at radius 1 is 1.29 bits per heavy atom. The highest BCUT2D eigenvalue weighted by Gasteiger charge is 2.20. The van der Waals surface area contributed by atoms with Crippen molar-refractivity contribution in [1.82, 2.24) is 25.4 Å². The molecular weight excluding hydrogens is 483 g/mol. The molecule has 0 amide bonds. The third kappa shape index (κ3) is 6.72. The molecule has 3 rings (SSSR count). The minimum atomic E-state index is 0. The Morgan fingerprint density at radius 3 is 2.68 bits per heavy atom. The number of rotatable bonds is 7. The summed E-state index contributed by atoms with van der Waals surface area (Å²) in [5.41, 5.74) is 0. The Labute approximate surface area is 189 Å². The smallest absolute Gasteiger partial charge is 0.191 e. The van der Waals surface area contributed by atoms with Crippen molar-refractivity contribution in [2.24, 2.45) is 18.0 Å². The average molecular weight is 516 g/mol. The van der Waals surface area contributed by atoms with E-state index in [1.54, 1.807) is 11.3 Å². The van der Waals surface area contributed by atoms with E-state index < -0.39 is 0 Å². The van der Waals surface area contributed by atoms with E-state index in [4.69, 9.17) is 4.99 Å². The Morgan fingerprint density at radius 2 is 2.07 bits per heavy atom. The fourth-order valence-electron chi connectivity index (χ4n) is 3.56. The quantitative estimate of drug-likeness (QED) is 0.331. The fourth-order valence-corrected chi connectivity index (χ4v) is 4.27. The summed E-state index contributed by atoms with van der Waals surface area (Å²) >= 11 is 1.81. The molecular formula is C20H33IN6S. The lowest BCUT2D eigenvalue weighted by Gasteiger charge is -2.29. The minimum absolute atomic E-state index is 0. The van der Waals surface area contributed by atoms with Crippen LogP contribution in [0.1, 0.15) is 55.6 Å². The van der Waals surface area contributed by atoms with Crippen molar-refractivity contribution in [3.8, 4) is 0 Å². The van der Waals surface area contributed by atoms with Gasteiger partial charge in [-0.3, -0.25) is 0 Å². The standard InChI is InChI=1S/C20H32N6S.HI/c1-4-16-7-9-17(10-8-16)23-20(21-12-11-18-6-5-13-27-18)22-14-19-25-24-15(2)26(19)3;/h5-6,13,16-17H,4,7-12,14H2,1-3H3,(H2,21,22,23);1H. The van der Waals surface area contributed by atoms with E-state index in [1.807, 2.05) is 18.5 Å². The maximum absolute atomic E-state index is 4.79. The Bertz CT molecular complexity index is 719. The first kappa shape index (κ1) is 23.1. The number of halogens is 1. The van der Waals surface area contributed by atoms with E-state index in [0.717, 1.165) is 36.5 Å². The summed E-state index contributed by atoms with van der Waals surface area (Å²) in [4.78, 5) is 6.19. The van der Waals surface area contributed by atoms with Crippen molar-refractivity contribution >= 4 is 41.3 Å². The van der Waals surface area contributed by atoms with Gasteiger partial charge in [0.05, 0.1) is 0 Å². The van der Waals surface area contributed by atoms with E-state index in [-0.39, 0.29) is 24.0 Å². The van der Waals surface area contributed by atoms with Gasteiger partial charge in [-0.2, -0.15) is 0 Å². The third-order valence-corrected chi connectivity index (χ3v) is 6.51. The van der Waals surface area contributed by atoms with E-state index in [2.05, 4.69) is 45.3 Å². The molecule has 0 saturated heterocycles. The summed E-state index contributed by atoms with van der Waals surface area (Å²) < 4.78 is 2.00.